The van der Waals surface area contributed by atoms with Crippen LogP contribution in [0.3, 0.4) is 0 Å². The fourth-order valence-corrected chi connectivity index (χ4v) is 2.11. The van der Waals surface area contributed by atoms with Gasteiger partial charge in [-0.05, 0) is 24.5 Å². The van der Waals surface area contributed by atoms with Crippen molar-refractivity contribution in [1.82, 2.24) is 5.32 Å². The maximum Gasteiger partial charge on any atom is 0.187 e. The monoisotopic (exact) mass is 279 g/mol. The fraction of sp³-hybridized carbons (Fsp3) is 0.211. The van der Waals surface area contributed by atoms with Crippen molar-refractivity contribution in [2.24, 2.45) is 0 Å². The Labute approximate surface area is 126 Å². The molecule has 0 heterocycles. The van der Waals surface area contributed by atoms with E-state index in [0.29, 0.717) is 0 Å². The number of carbonyl (C=O) groups excluding carboxylic acids is 1. The highest BCUT2D eigenvalue weighted by Gasteiger charge is 2.03. The molecule has 2 nitrogen and oxygen atoms in total. The highest BCUT2D eigenvalue weighted by Crippen LogP contribution is 2.11. The van der Waals surface area contributed by atoms with Crippen molar-refractivity contribution in [3.63, 3.8) is 0 Å². The summed E-state index contributed by atoms with van der Waals surface area (Å²) in [6.45, 7) is 4.17. The van der Waals surface area contributed by atoms with Crippen LogP contribution in [0, 0.1) is 0 Å². The summed E-state index contributed by atoms with van der Waals surface area (Å²) < 4.78 is 0. The van der Waals surface area contributed by atoms with Gasteiger partial charge in [0.2, 0.25) is 0 Å². The minimum Gasteiger partial charge on any atom is -0.384 e. The van der Waals surface area contributed by atoms with E-state index in [1.165, 1.54) is 11.1 Å². The van der Waals surface area contributed by atoms with E-state index in [1.807, 2.05) is 42.5 Å². The molecule has 2 heteroatoms. The van der Waals surface area contributed by atoms with E-state index in [0.717, 1.165) is 12.0 Å². The van der Waals surface area contributed by atoms with Crippen LogP contribution in [0.15, 0.2) is 66.9 Å². The predicted octanol–water partition coefficient (Wildman–Crippen LogP) is 4.30. The van der Waals surface area contributed by atoms with Gasteiger partial charge in [0.15, 0.2) is 5.78 Å². The molecule has 0 radical (unpaired) electrons. The van der Waals surface area contributed by atoms with Crippen LogP contribution in [0.2, 0.25) is 0 Å². The standard InChI is InChI=1S/C19H21NO/c1-3-16-9-11-18(12-10-16)19(21)13-14-20-15(2)17-7-5-4-6-8-17/h4-15,20H,3H2,1-2H3/b14-13+/t15-/m1/s1. The first-order chi connectivity index (χ1) is 10.2. The minimum atomic E-state index is 0.0189. The molecule has 0 unspecified atom stereocenters. The van der Waals surface area contributed by atoms with Crippen LogP contribution in [0.4, 0.5) is 0 Å². The normalized spacial score (nSPS) is 12.3. The van der Waals surface area contributed by atoms with E-state index in [2.05, 4.69) is 31.3 Å². The van der Waals surface area contributed by atoms with Crippen LogP contribution in [-0.2, 0) is 6.42 Å². The summed E-state index contributed by atoms with van der Waals surface area (Å²) in [7, 11) is 0. The molecule has 0 aliphatic rings. The fourth-order valence-electron chi connectivity index (χ4n) is 2.11. The van der Waals surface area contributed by atoms with Gasteiger partial charge in [-0.2, -0.15) is 0 Å². The van der Waals surface area contributed by atoms with Crippen molar-refractivity contribution in [1.29, 1.82) is 0 Å². The molecule has 0 aliphatic carbocycles. The predicted molar refractivity (Wildman–Crippen MR) is 87.3 cm³/mol. The molecule has 2 aromatic rings. The van der Waals surface area contributed by atoms with Crippen LogP contribution >= 0.6 is 0 Å². The maximum atomic E-state index is 12.0. The number of hydrogen-bond donors (Lipinski definition) is 1. The molecular formula is C19H21NO. The molecule has 0 aromatic heterocycles. The Morgan fingerprint density at radius 2 is 1.76 bits per heavy atom. The van der Waals surface area contributed by atoms with E-state index < -0.39 is 0 Å². The van der Waals surface area contributed by atoms with Gasteiger partial charge < -0.3 is 5.32 Å². The zero-order chi connectivity index (χ0) is 15.1. The number of ketones is 1. The van der Waals surface area contributed by atoms with E-state index in [1.54, 1.807) is 12.3 Å². The van der Waals surface area contributed by atoms with Crippen molar-refractivity contribution in [2.75, 3.05) is 0 Å². The van der Waals surface area contributed by atoms with Crippen LogP contribution in [0.25, 0.3) is 0 Å². The summed E-state index contributed by atoms with van der Waals surface area (Å²) in [6.07, 6.45) is 4.30. The van der Waals surface area contributed by atoms with Crippen LogP contribution < -0.4 is 5.32 Å². The van der Waals surface area contributed by atoms with E-state index in [-0.39, 0.29) is 11.8 Å². The molecule has 2 aromatic carbocycles. The molecule has 1 atom stereocenters. The zero-order valence-electron chi connectivity index (χ0n) is 12.5. The van der Waals surface area contributed by atoms with Crippen molar-refractivity contribution < 1.29 is 4.79 Å². The Bertz CT molecular complexity index is 599. The average molecular weight is 279 g/mol. The smallest absolute Gasteiger partial charge is 0.187 e. The summed E-state index contributed by atoms with van der Waals surface area (Å²) >= 11 is 0. The summed E-state index contributed by atoms with van der Waals surface area (Å²) in [5, 5.41) is 3.22. The largest absolute Gasteiger partial charge is 0.384 e. The Kier molecular flexibility index (Phi) is 5.33. The average Bonchev–Trinajstić information content (AvgIpc) is 2.55. The Morgan fingerprint density at radius 1 is 1.10 bits per heavy atom. The number of allylic oxidation sites excluding steroid dienone is 1. The Hall–Kier alpha value is -2.35. The lowest BCUT2D eigenvalue weighted by molar-refractivity contribution is 0.104. The molecule has 108 valence electrons. The quantitative estimate of drug-likeness (QED) is 0.631. The topological polar surface area (TPSA) is 29.1 Å². The molecule has 0 bridgehead atoms. The lowest BCUT2D eigenvalue weighted by atomic mass is 10.1. The third-order valence-electron chi connectivity index (χ3n) is 3.53. The summed E-state index contributed by atoms with van der Waals surface area (Å²) in [4.78, 5) is 12.0. The number of hydrogen-bond acceptors (Lipinski definition) is 2. The second kappa shape index (κ2) is 7.44. The molecule has 21 heavy (non-hydrogen) atoms. The molecule has 0 saturated carbocycles. The van der Waals surface area contributed by atoms with E-state index in [4.69, 9.17) is 0 Å². The second-order valence-electron chi connectivity index (χ2n) is 5.05. The van der Waals surface area contributed by atoms with E-state index >= 15 is 0 Å². The lowest BCUT2D eigenvalue weighted by Gasteiger charge is -2.11. The first-order valence-corrected chi connectivity index (χ1v) is 7.31. The number of nitrogens with one attached hydrogen (secondary N) is 1. The lowest BCUT2D eigenvalue weighted by Crippen LogP contribution is -2.12. The van der Waals surface area contributed by atoms with Gasteiger partial charge in [-0.3, -0.25) is 4.79 Å². The summed E-state index contributed by atoms with van der Waals surface area (Å²) in [5.74, 6) is 0.0189. The molecule has 0 aliphatic heterocycles. The van der Waals surface area contributed by atoms with Gasteiger partial charge in [-0.1, -0.05) is 61.5 Å². The van der Waals surface area contributed by atoms with Gasteiger partial charge in [0.05, 0.1) is 0 Å². The number of benzene rings is 2. The molecule has 0 saturated heterocycles. The third kappa shape index (κ3) is 4.32. The van der Waals surface area contributed by atoms with Gasteiger partial charge in [-0.15, -0.1) is 0 Å². The number of rotatable bonds is 6. The molecule has 0 spiro atoms. The molecule has 2 rings (SSSR count). The van der Waals surface area contributed by atoms with Crippen LogP contribution in [0.5, 0.6) is 0 Å². The van der Waals surface area contributed by atoms with Crippen molar-refractivity contribution in [3.05, 3.63) is 83.6 Å². The van der Waals surface area contributed by atoms with Gasteiger partial charge in [-0.25, -0.2) is 0 Å². The molecule has 0 amide bonds. The second-order valence-corrected chi connectivity index (χ2v) is 5.05. The highest BCUT2D eigenvalue weighted by atomic mass is 16.1. The van der Waals surface area contributed by atoms with Crippen molar-refractivity contribution in [2.45, 2.75) is 26.3 Å². The van der Waals surface area contributed by atoms with Gasteiger partial charge in [0, 0.05) is 23.9 Å². The minimum absolute atomic E-state index is 0.0189. The highest BCUT2D eigenvalue weighted by molar-refractivity contribution is 6.04. The summed E-state index contributed by atoms with van der Waals surface area (Å²) in [5.41, 5.74) is 3.16. The number of aryl methyl sites for hydroxylation is 1. The molecule has 0 fully saturated rings. The first-order valence-electron chi connectivity index (χ1n) is 7.31. The van der Waals surface area contributed by atoms with Gasteiger partial charge in [0.25, 0.3) is 0 Å². The van der Waals surface area contributed by atoms with Gasteiger partial charge in [0.1, 0.15) is 0 Å². The zero-order valence-corrected chi connectivity index (χ0v) is 12.5. The van der Waals surface area contributed by atoms with E-state index in [9.17, 15) is 4.79 Å². The van der Waals surface area contributed by atoms with Gasteiger partial charge >= 0.3 is 0 Å². The Balaban J connectivity index is 1.92. The van der Waals surface area contributed by atoms with Crippen molar-refractivity contribution >= 4 is 5.78 Å². The Morgan fingerprint density at radius 3 is 2.38 bits per heavy atom. The molecular weight excluding hydrogens is 258 g/mol. The SMILES string of the molecule is CCc1ccc(C(=O)/C=C/N[C@H](C)c2ccccc2)cc1. The first kappa shape index (κ1) is 15.0. The van der Waals surface area contributed by atoms with Crippen LogP contribution in [0.1, 0.15) is 41.4 Å². The van der Waals surface area contributed by atoms with Crippen LogP contribution in [-0.4, -0.2) is 5.78 Å². The molecule has 1 N–H and O–H groups in total. The maximum absolute atomic E-state index is 12.0. The van der Waals surface area contributed by atoms with Crippen molar-refractivity contribution in [3.8, 4) is 0 Å². The third-order valence-corrected chi connectivity index (χ3v) is 3.53. The summed E-state index contributed by atoms with van der Waals surface area (Å²) in [6, 6.07) is 18.1. The number of carbonyl (C=O) groups is 1.